The SMILES string of the molecule is CC(=C=CC(O)c1ccc(Cl)cc1)c1cccs1. The lowest BCUT2D eigenvalue weighted by atomic mass is 10.1. The van der Waals surface area contributed by atoms with Gasteiger partial charge in [-0.3, -0.25) is 0 Å². The number of thiophene rings is 1. The van der Waals surface area contributed by atoms with Gasteiger partial charge in [0.15, 0.2) is 0 Å². The van der Waals surface area contributed by atoms with Crippen LogP contribution in [-0.4, -0.2) is 5.11 Å². The van der Waals surface area contributed by atoms with Crippen LogP contribution in [-0.2, 0) is 0 Å². The van der Waals surface area contributed by atoms with E-state index in [0.29, 0.717) is 5.02 Å². The second-order valence-corrected chi connectivity index (χ2v) is 5.29. The first-order valence-electron chi connectivity index (χ1n) is 5.57. The van der Waals surface area contributed by atoms with Gasteiger partial charge >= 0.3 is 0 Å². The van der Waals surface area contributed by atoms with E-state index in [-0.39, 0.29) is 0 Å². The summed E-state index contributed by atoms with van der Waals surface area (Å²) in [5, 5.41) is 12.7. The van der Waals surface area contributed by atoms with Crippen LogP contribution < -0.4 is 0 Å². The minimum atomic E-state index is -0.655. The van der Waals surface area contributed by atoms with Crippen LogP contribution in [0.5, 0.6) is 0 Å². The van der Waals surface area contributed by atoms with Crippen molar-refractivity contribution in [1.29, 1.82) is 0 Å². The Labute approximate surface area is 116 Å². The molecule has 1 nitrogen and oxygen atoms in total. The highest BCUT2D eigenvalue weighted by Crippen LogP contribution is 2.20. The first-order chi connectivity index (χ1) is 8.66. The zero-order chi connectivity index (χ0) is 13.0. The fourth-order valence-electron chi connectivity index (χ4n) is 1.52. The van der Waals surface area contributed by atoms with Crippen LogP contribution in [0, 0.1) is 0 Å². The van der Waals surface area contributed by atoms with Gasteiger partial charge in [0.1, 0.15) is 6.10 Å². The minimum absolute atomic E-state index is 0.655. The fraction of sp³-hybridized carbons (Fsp3) is 0.133. The van der Waals surface area contributed by atoms with Gasteiger partial charge in [0.2, 0.25) is 0 Å². The van der Waals surface area contributed by atoms with E-state index >= 15 is 0 Å². The van der Waals surface area contributed by atoms with Crippen molar-refractivity contribution in [2.45, 2.75) is 13.0 Å². The molecule has 1 unspecified atom stereocenters. The van der Waals surface area contributed by atoms with E-state index < -0.39 is 6.10 Å². The van der Waals surface area contributed by atoms with Gasteiger partial charge in [0.25, 0.3) is 0 Å². The highest BCUT2D eigenvalue weighted by atomic mass is 35.5. The number of aliphatic hydroxyl groups excluding tert-OH is 1. The van der Waals surface area contributed by atoms with E-state index in [0.717, 1.165) is 16.0 Å². The Balaban J connectivity index is 2.18. The molecule has 1 heterocycles. The third-order valence-corrected chi connectivity index (χ3v) is 3.80. The maximum atomic E-state index is 9.99. The summed E-state index contributed by atoms with van der Waals surface area (Å²) >= 11 is 7.46. The Morgan fingerprint density at radius 3 is 2.67 bits per heavy atom. The monoisotopic (exact) mass is 276 g/mol. The summed E-state index contributed by atoms with van der Waals surface area (Å²) in [6.07, 6.45) is 1.01. The molecule has 0 spiro atoms. The highest BCUT2D eigenvalue weighted by molar-refractivity contribution is 7.11. The molecule has 1 aromatic carbocycles. The summed E-state index contributed by atoms with van der Waals surface area (Å²) in [6.45, 7) is 1.98. The van der Waals surface area contributed by atoms with Crippen molar-refractivity contribution in [1.82, 2.24) is 0 Å². The van der Waals surface area contributed by atoms with E-state index in [2.05, 4.69) is 5.73 Å². The summed E-state index contributed by atoms with van der Waals surface area (Å²) < 4.78 is 0. The molecule has 0 amide bonds. The predicted molar refractivity (Wildman–Crippen MR) is 77.9 cm³/mol. The Morgan fingerprint density at radius 1 is 1.33 bits per heavy atom. The van der Waals surface area contributed by atoms with Crippen LogP contribution in [0.3, 0.4) is 0 Å². The van der Waals surface area contributed by atoms with Crippen molar-refractivity contribution in [3.05, 3.63) is 69.0 Å². The van der Waals surface area contributed by atoms with Crippen LogP contribution in [0.1, 0.15) is 23.5 Å². The van der Waals surface area contributed by atoms with Crippen LogP contribution in [0.4, 0.5) is 0 Å². The van der Waals surface area contributed by atoms with E-state index in [1.54, 1.807) is 29.5 Å². The molecule has 18 heavy (non-hydrogen) atoms. The molecule has 1 N–H and O–H groups in total. The molecular weight excluding hydrogens is 264 g/mol. The van der Waals surface area contributed by atoms with E-state index in [1.165, 1.54) is 0 Å². The summed E-state index contributed by atoms with van der Waals surface area (Å²) in [5.41, 5.74) is 4.95. The molecule has 1 aromatic heterocycles. The zero-order valence-electron chi connectivity index (χ0n) is 9.93. The molecule has 2 rings (SSSR count). The topological polar surface area (TPSA) is 20.2 Å². The quantitative estimate of drug-likeness (QED) is 0.806. The predicted octanol–water partition coefficient (Wildman–Crippen LogP) is 4.69. The third-order valence-electron chi connectivity index (χ3n) is 2.56. The largest absolute Gasteiger partial charge is 0.384 e. The minimum Gasteiger partial charge on any atom is -0.384 e. The first-order valence-corrected chi connectivity index (χ1v) is 6.83. The molecule has 0 bridgehead atoms. The summed E-state index contributed by atoms with van der Waals surface area (Å²) in [7, 11) is 0. The van der Waals surface area contributed by atoms with Crippen molar-refractivity contribution in [2.75, 3.05) is 0 Å². The molecule has 1 atom stereocenters. The number of rotatable bonds is 3. The van der Waals surface area contributed by atoms with Crippen LogP contribution in [0.2, 0.25) is 5.02 Å². The van der Waals surface area contributed by atoms with Crippen LogP contribution in [0.15, 0.2) is 53.6 Å². The Bertz CT molecular complexity index is 563. The van der Waals surface area contributed by atoms with Gasteiger partial charge < -0.3 is 5.11 Å². The Morgan fingerprint density at radius 2 is 2.06 bits per heavy atom. The number of hydrogen-bond donors (Lipinski definition) is 1. The zero-order valence-corrected chi connectivity index (χ0v) is 11.5. The first kappa shape index (κ1) is 13.1. The number of aliphatic hydroxyl groups is 1. The normalized spacial score (nSPS) is 11.7. The number of benzene rings is 1. The van der Waals surface area contributed by atoms with Crippen molar-refractivity contribution < 1.29 is 5.11 Å². The molecule has 0 fully saturated rings. The van der Waals surface area contributed by atoms with Crippen molar-refractivity contribution in [2.24, 2.45) is 0 Å². The fourth-order valence-corrected chi connectivity index (χ4v) is 2.35. The standard InChI is InChI=1S/C15H13ClOS/c1-11(15-3-2-10-18-15)4-9-14(17)12-5-7-13(16)8-6-12/h2-3,5-10,14,17H,1H3. The maximum absolute atomic E-state index is 9.99. The molecule has 0 aliphatic rings. The Hall–Kier alpha value is -1.31. The molecule has 3 heteroatoms. The van der Waals surface area contributed by atoms with E-state index in [1.807, 2.05) is 36.6 Å². The summed E-state index contributed by atoms with van der Waals surface area (Å²) in [6, 6.07) is 11.2. The van der Waals surface area contributed by atoms with Gasteiger partial charge in [-0.2, -0.15) is 0 Å². The Kier molecular flexibility index (Phi) is 4.40. The molecule has 0 saturated carbocycles. The summed E-state index contributed by atoms with van der Waals surface area (Å²) in [4.78, 5) is 1.16. The third kappa shape index (κ3) is 3.34. The van der Waals surface area contributed by atoms with Crippen molar-refractivity contribution in [3.8, 4) is 0 Å². The molecule has 2 aromatic rings. The molecule has 0 aliphatic heterocycles. The maximum Gasteiger partial charge on any atom is 0.104 e. The number of halogens is 1. The van der Waals surface area contributed by atoms with Gasteiger partial charge in [-0.1, -0.05) is 29.8 Å². The molecule has 0 radical (unpaired) electrons. The molecular formula is C15H13ClOS. The number of hydrogen-bond acceptors (Lipinski definition) is 2. The smallest absolute Gasteiger partial charge is 0.104 e. The lowest BCUT2D eigenvalue weighted by Crippen LogP contribution is -1.91. The van der Waals surface area contributed by atoms with Crippen LogP contribution in [0.25, 0.3) is 5.57 Å². The second-order valence-electron chi connectivity index (χ2n) is 3.91. The lowest BCUT2D eigenvalue weighted by Gasteiger charge is -2.04. The highest BCUT2D eigenvalue weighted by Gasteiger charge is 2.02. The second kappa shape index (κ2) is 6.03. The van der Waals surface area contributed by atoms with Crippen LogP contribution >= 0.6 is 22.9 Å². The van der Waals surface area contributed by atoms with E-state index in [9.17, 15) is 5.11 Å². The van der Waals surface area contributed by atoms with Crippen molar-refractivity contribution in [3.63, 3.8) is 0 Å². The van der Waals surface area contributed by atoms with Gasteiger partial charge in [0.05, 0.1) is 0 Å². The van der Waals surface area contributed by atoms with Gasteiger partial charge in [-0.15, -0.1) is 17.1 Å². The van der Waals surface area contributed by atoms with Gasteiger partial charge in [-0.05, 0) is 42.1 Å². The van der Waals surface area contributed by atoms with Crippen molar-refractivity contribution >= 4 is 28.5 Å². The van der Waals surface area contributed by atoms with Gasteiger partial charge in [-0.25, -0.2) is 0 Å². The molecule has 0 aliphatic carbocycles. The van der Waals surface area contributed by atoms with E-state index in [4.69, 9.17) is 11.6 Å². The lowest BCUT2D eigenvalue weighted by molar-refractivity contribution is 0.229. The van der Waals surface area contributed by atoms with Gasteiger partial charge in [0, 0.05) is 15.5 Å². The average Bonchev–Trinajstić information content (AvgIpc) is 2.90. The molecule has 0 saturated heterocycles. The summed E-state index contributed by atoms with van der Waals surface area (Å²) in [5.74, 6) is 0. The molecule has 92 valence electrons. The average molecular weight is 277 g/mol.